The lowest BCUT2D eigenvalue weighted by molar-refractivity contribution is -0.350. The third-order valence-corrected chi connectivity index (χ3v) is 1.72. The number of phenolic OH excluding ortho intramolecular Hbond substituents is 1. The number of carbonyl (C=O) groups is 1. The molecule has 0 spiro atoms. The minimum atomic E-state index is -4.46. The minimum absolute atomic E-state index is 0.0703. The molecule has 4 nitrogen and oxygen atoms in total. The van der Waals surface area contributed by atoms with Crippen LogP contribution in [0.1, 0.15) is 0 Å². The second-order valence-corrected chi connectivity index (χ2v) is 2.93. The Morgan fingerprint density at radius 1 is 1.53 bits per heavy atom. The van der Waals surface area contributed by atoms with E-state index in [9.17, 15) is 18.7 Å². The van der Waals surface area contributed by atoms with Crippen molar-refractivity contribution in [1.82, 2.24) is 0 Å². The van der Waals surface area contributed by atoms with Crippen molar-refractivity contribution in [2.24, 2.45) is 0 Å². The number of aromatic hydroxyl groups is 1. The largest absolute Gasteiger partial charge is 0.541 e. The molecular formula is C8H4ClF2O4-. The van der Waals surface area contributed by atoms with Gasteiger partial charge in [-0.05, 0) is 12.1 Å². The number of carboxylic acid groups (broad SMARTS) is 1. The van der Waals surface area contributed by atoms with Gasteiger partial charge in [0.05, 0.1) is 5.02 Å². The van der Waals surface area contributed by atoms with Crippen molar-refractivity contribution < 1.29 is 28.5 Å². The number of alkyl halides is 2. The van der Waals surface area contributed by atoms with Crippen LogP contribution in [-0.2, 0) is 4.79 Å². The molecule has 0 aliphatic heterocycles. The maximum absolute atomic E-state index is 12.5. The molecule has 0 radical (unpaired) electrons. The molecule has 7 heteroatoms. The van der Waals surface area contributed by atoms with Gasteiger partial charge >= 0.3 is 6.11 Å². The molecule has 0 bridgehead atoms. The van der Waals surface area contributed by atoms with Gasteiger partial charge < -0.3 is 19.7 Å². The SMILES string of the molecule is O=C([O-])C(F)(F)Oc1ccc(Cl)c(O)c1. The summed E-state index contributed by atoms with van der Waals surface area (Å²) in [4.78, 5) is 9.90. The van der Waals surface area contributed by atoms with Crippen LogP contribution in [-0.4, -0.2) is 17.2 Å². The highest BCUT2D eigenvalue weighted by Gasteiger charge is 2.34. The van der Waals surface area contributed by atoms with E-state index in [2.05, 4.69) is 4.74 Å². The highest BCUT2D eigenvalue weighted by molar-refractivity contribution is 6.32. The number of halogens is 3. The molecule has 0 atom stereocenters. The summed E-state index contributed by atoms with van der Waals surface area (Å²) in [5.74, 6) is -3.70. The normalized spacial score (nSPS) is 11.1. The number of ether oxygens (including phenoxy) is 1. The van der Waals surface area contributed by atoms with Crippen LogP contribution in [0.3, 0.4) is 0 Å². The summed E-state index contributed by atoms with van der Waals surface area (Å²) in [5, 5.41) is 18.8. The predicted octanol–water partition coefficient (Wildman–Crippen LogP) is 0.767. The van der Waals surface area contributed by atoms with Crippen LogP contribution in [0.2, 0.25) is 5.02 Å². The van der Waals surface area contributed by atoms with Gasteiger partial charge in [0, 0.05) is 6.07 Å². The first-order chi connectivity index (χ1) is 6.83. The van der Waals surface area contributed by atoms with Gasteiger partial charge in [-0.3, -0.25) is 0 Å². The van der Waals surface area contributed by atoms with Crippen molar-refractivity contribution in [2.75, 3.05) is 0 Å². The zero-order valence-corrected chi connectivity index (χ0v) is 7.79. The molecule has 0 aliphatic carbocycles. The molecular weight excluding hydrogens is 234 g/mol. The fourth-order valence-corrected chi connectivity index (χ4v) is 0.863. The maximum atomic E-state index is 12.5. The first kappa shape index (κ1) is 11.5. The summed E-state index contributed by atoms with van der Waals surface area (Å²) >= 11 is 5.39. The average molecular weight is 238 g/mol. The number of carboxylic acids is 1. The third kappa shape index (κ3) is 2.69. The van der Waals surface area contributed by atoms with Crippen LogP contribution in [0.15, 0.2) is 18.2 Å². The molecule has 82 valence electrons. The number of aliphatic carboxylic acids is 1. The molecule has 1 aromatic rings. The van der Waals surface area contributed by atoms with Crippen molar-refractivity contribution in [3.05, 3.63) is 23.2 Å². The summed E-state index contributed by atoms with van der Waals surface area (Å²) in [6, 6.07) is 2.83. The van der Waals surface area contributed by atoms with Gasteiger partial charge in [0.1, 0.15) is 11.5 Å². The Kier molecular flexibility index (Phi) is 2.99. The molecule has 1 N–H and O–H groups in total. The lowest BCUT2D eigenvalue weighted by Crippen LogP contribution is -2.45. The van der Waals surface area contributed by atoms with Crippen LogP contribution in [0.5, 0.6) is 11.5 Å². The second kappa shape index (κ2) is 3.90. The highest BCUT2D eigenvalue weighted by atomic mass is 35.5. The zero-order valence-electron chi connectivity index (χ0n) is 7.04. The van der Waals surface area contributed by atoms with E-state index in [1.54, 1.807) is 0 Å². The lowest BCUT2D eigenvalue weighted by Gasteiger charge is -2.18. The smallest absolute Gasteiger partial charge is 0.441 e. The fraction of sp³-hybridized carbons (Fsp3) is 0.125. The third-order valence-electron chi connectivity index (χ3n) is 1.40. The van der Waals surface area contributed by atoms with Gasteiger partial charge in [-0.2, -0.15) is 8.78 Å². The van der Waals surface area contributed by atoms with E-state index in [4.69, 9.17) is 16.7 Å². The van der Waals surface area contributed by atoms with Crippen LogP contribution >= 0.6 is 11.6 Å². The fourth-order valence-electron chi connectivity index (χ4n) is 0.746. The number of carbonyl (C=O) groups excluding carboxylic acids is 1. The number of benzene rings is 1. The first-order valence-corrected chi connectivity index (χ1v) is 3.97. The number of hydrogen-bond donors (Lipinski definition) is 1. The Morgan fingerprint density at radius 3 is 2.60 bits per heavy atom. The molecule has 0 aliphatic rings. The van der Waals surface area contributed by atoms with Crippen molar-refractivity contribution in [2.45, 2.75) is 6.11 Å². The minimum Gasteiger partial charge on any atom is -0.541 e. The quantitative estimate of drug-likeness (QED) is 0.843. The predicted molar refractivity (Wildman–Crippen MR) is 43.7 cm³/mol. The number of rotatable bonds is 3. The highest BCUT2D eigenvalue weighted by Crippen LogP contribution is 2.30. The Morgan fingerprint density at radius 2 is 2.13 bits per heavy atom. The van der Waals surface area contributed by atoms with E-state index in [1.807, 2.05) is 0 Å². The summed E-state index contributed by atoms with van der Waals surface area (Å²) < 4.78 is 28.7. The van der Waals surface area contributed by atoms with Crippen molar-refractivity contribution in [3.63, 3.8) is 0 Å². The van der Waals surface area contributed by atoms with E-state index in [0.717, 1.165) is 18.2 Å². The van der Waals surface area contributed by atoms with E-state index in [0.29, 0.717) is 0 Å². The standard InChI is InChI=1S/C8H5ClF2O4/c9-5-2-1-4(3-6(5)12)15-8(10,11)7(13)14/h1-3,12H,(H,13,14)/p-1. The molecule has 15 heavy (non-hydrogen) atoms. The number of hydrogen-bond acceptors (Lipinski definition) is 4. The summed E-state index contributed by atoms with van der Waals surface area (Å²) in [6.45, 7) is 0. The van der Waals surface area contributed by atoms with Gasteiger partial charge in [0.2, 0.25) is 0 Å². The number of phenols is 1. The Bertz CT molecular complexity index is 394. The first-order valence-electron chi connectivity index (χ1n) is 3.60. The molecule has 0 fully saturated rings. The van der Waals surface area contributed by atoms with Crippen LogP contribution in [0.25, 0.3) is 0 Å². The summed E-state index contributed by atoms with van der Waals surface area (Å²) in [7, 11) is 0. The molecule has 0 amide bonds. The van der Waals surface area contributed by atoms with Crippen LogP contribution in [0.4, 0.5) is 8.78 Å². The van der Waals surface area contributed by atoms with Crippen molar-refractivity contribution in [3.8, 4) is 11.5 Å². The van der Waals surface area contributed by atoms with Crippen molar-refractivity contribution in [1.29, 1.82) is 0 Å². The summed E-state index contributed by atoms with van der Waals surface area (Å²) in [6.07, 6.45) is -4.46. The van der Waals surface area contributed by atoms with Gasteiger partial charge in [-0.25, -0.2) is 0 Å². The molecule has 0 saturated carbocycles. The molecule has 1 rings (SSSR count). The Hall–Kier alpha value is -1.56. The van der Waals surface area contributed by atoms with Gasteiger partial charge in [-0.1, -0.05) is 11.6 Å². The molecule has 1 aromatic carbocycles. The van der Waals surface area contributed by atoms with Crippen LogP contribution < -0.4 is 9.84 Å². The molecule has 0 saturated heterocycles. The van der Waals surface area contributed by atoms with E-state index in [1.165, 1.54) is 0 Å². The zero-order chi connectivity index (χ0) is 11.6. The topological polar surface area (TPSA) is 69.6 Å². The van der Waals surface area contributed by atoms with Crippen LogP contribution in [0, 0.1) is 0 Å². The Labute approximate surface area is 87.7 Å². The van der Waals surface area contributed by atoms with Gasteiger partial charge in [0.25, 0.3) is 0 Å². The van der Waals surface area contributed by atoms with E-state index < -0.39 is 23.6 Å². The van der Waals surface area contributed by atoms with Gasteiger partial charge in [-0.15, -0.1) is 0 Å². The Balaban J connectivity index is 2.91. The van der Waals surface area contributed by atoms with E-state index >= 15 is 0 Å². The summed E-state index contributed by atoms with van der Waals surface area (Å²) in [5.41, 5.74) is 0. The second-order valence-electron chi connectivity index (χ2n) is 2.52. The average Bonchev–Trinajstić information content (AvgIpc) is 2.10. The molecule has 0 aromatic heterocycles. The van der Waals surface area contributed by atoms with Crippen molar-refractivity contribution >= 4 is 17.6 Å². The molecule has 0 heterocycles. The molecule has 0 unspecified atom stereocenters. The van der Waals surface area contributed by atoms with Gasteiger partial charge in [0.15, 0.2) is 5.97 Å². The monoisotopic (exact) mass is 237 g/mol. The lowest BCUT2D eigenvalue weighted by atomic mass is 10.3. The van der Waals surface area contributed by atoms with E-state index in [-0.39, 0.29) is 5.02 Å². The maximum Gasteiger partial charge on any atom is 0.441 e.